The van der Waals surface area contributed by atoms with Gasteiger partial charge in [-0.3, -0.25) is 9.59 Å². The normalized spacial score (nSPS) is 21.2. The summed E-state index contributed by atoms with van der Waals surface area (Å²) in [4.78, 5) is 44.4. The number of amides is 4. The molecular weight excluding hydrogens is 432 g/mol. The Kier molecular flexibility index (Phi) is 8.71. The van der Waals surface area contributed by atoms with Gasteiger partial charge in [-0.2, -0.15) is 0 Å². The van der Waals surface area contributed by atoms with Crippen LogP contribution >= 0.6 is 0 Å². The molecule has 3 rings (SSSR count). The number of rotatable bonds is 9. The third kappa shape index (κ3) is 5.28. The van der Waals surface area contributed by atoms with Crippen molar-refractivity contribution in [2.45, 2.75) is 65.6 Å². The molecule has 0 radical (unpaired) electrons. The SMILES string of the molecule is CCC[C@@H](NC(=O)N1C(=O)C(CC)(CC)[C@@H]1OCC(=O)N1CCN(C)CC1)c1ccc(C)cc1. The number of aryl methyl sites for hydroxylation is 1. The number of nitrogens with one attached hydrogen (secondary N) is 1. The molecule has 0 saturated carbocycles. The molecule has 4 amide bonds. The Balaban J connectivity index is 1.71. The summed E-state index contributed by atoms with van der Waals surface area (Å²) >= 11 is 0. The first kappa shape index (κ1) is 26.2. The van der Waals surface area contributed by atoms with Crippen molar-refractivity contribution < 1.29 is 19.1 Å². The summed E-state index contributed by atoms with van der Waals surface area (Å²) in [7, 11) is 2.04. The molecule has 2 heterocycles. The van der Waals surface area contributed by atoms with E-state index in [0.717, 1.165) is 37.1 Å². The third-order valence-corrected chi connectivity index (χ3v) is 7.41. The van der Waals surface area contributed by atoms with Crippen LogP contribution in [0.5, 0.6) is 0 Å². The lowest BCUT2D eigenvalue weighted by atomic mass is 9.72. The lowest BCUT2D eigenvalue weighted by molar-refractivity contribution is -0.212. The number of likely N-dealkylation sites (N-methyl/N-ethyl adjacent to an activating group) is 1. The van der Waals surface area contributed by atoms with Crippen LogP contribution in [0.3, 0.4) is 0 Å². The van der Waals surface area contributed by atoms with Gasteiger partial charge in [0.25, 0.3) is 0 Å². The standard InChI is InChI=1S/C26H40N4O4/c1-6-9-21(20-12-10-19(4)11-13-20)27-25(33)30-23(32)26(7-2,8-3)24(30)34-18-22(31)29-16-14-28(5)15-17-29/h10-13,21,24H,6-9,14-18H2,1-5H3,(H,27,33)/t21-,24+/m1/s1. The lowest BCUT2D eigenvalue weighted by Crippen LogP contribution is -2.73. The molecule has 188 valence electrons. The molecule has 1 N–H and O–H groups in total. The Morgan fingerprint density at radius 3 is 2.26 bits per heavy atom. The van der Waals surface area contributed by atoms with E-state index in [1.54, 1.807) is 4.90 Å². The molecule has 0 unspecified atom stereocenters. The van der Waals surface area contributed by atoms with Crippen LogP contribution < -0.4 is 5.32 Å². The van der Waals surface area contributed by atoms with Gasteiger partial charge >= 0.3 is 6.03 Å². The Labute approximate surface area is 203 Å². The molecule has 0 aliphatic carbocycles. The molecule has 8 heteroatoms. The number of likely N-dealkylation sites (tertiary alicyclic amines) is 1. The summed E-state index contributed by atoms with van der Waals surface area (Å²) in [5.74, 6) is -0.330. The Morgan fingerprint density at radius 2 is 1.71 bits per heavy atom. The number of hydrogen-bond acceptors (Lipinski definition) is 5. The van der Waals surface area contributed by atoms with Gasteiger partial charge < -0.3 is 19.9 Å². The van der Waals surface area contributed by atoms with E-state index in [-0.39, 0.29) is 24.5 Å². The summed E-state index contributed by atoms with van der Waals surface area (Å²) in [6.45, 7) is 10.8. The maximum Gasteiger partial charge on any atom is 0.326 e. The first-order valence-corrected chi connectivity index (χ1v) is 12.6. The molecule has 0 bridgehead atoms. The van der Waals surface area contributed by atoms with Crippen LogP contribution in [0, 0.1) is 12.3 Å². The van der Waals surface area contributed by atoms with Crippen molar-refractivity contribution in [3.05, 3.63) is 35.4 Å². The number of carbonyl (C=O) groups excluding carboxylic acids is 3. The minimum atomic E-state index is -0.774. The number of ether oxygens (including phenoxy) is 1. The minimum absolute atomic E-state index is 0.0996. The van der Waals surface area contributed by atoms with Gasteiger partial charge in [0, 0.05) is 26.2 Å². The number of nitrogens with zero attached hydrogens (tertiary/aromatic N) is 3. The van der Waals surface area contributed by atoms with Gasteiger partial charge in [0.15, 0.2) is 6.23 Å². The summed E-state index contributed by atoms with van der Waals surface area (Å²) in [5.41, 5.74) is 1.38. The zero-order chi connectivity index (χ0) is 24.9. The van der Waals surface area contributed by atoms with E-state index in [2.05, 4.69) is 17.1 Å². The fourth-order valence-electron chi connectivity index (χ4n) is 4.89. The molecule has 2 aliphatic heterocycles. The van der Waals surface area contributed by atoms with Crippen molar-refractivity contribution >= 4 is 17.8 Å². The van der Waals surface area contributed by atoms with Gasteiger partial charge in [-0.1, -0.05) is 57.0 Å². The van der Waals surface area contributed by atoms with Gasteiger partial charge in [0.2, 0.25) is 11.8 Å². The number of urea groups is 1. The van der Waals surface area contributed by atoms with Crippen molar-refractivity contribution in [1.82, 2.24) is 20.0 Å². The summed E-state index contributed by atoms with van der Waals surface area (Å²) in [6.07, 6.45) is 2.01. The Bertz CT molecular complexity index is 860. The fraction of sp³-hybridized carbons (Fsp3) is 0.654. The van der Waals surface area contributed by atoms with Crippen LogP contribution in [0.25, 0.3) is 0 Å². The second-order valence-corrected chi connectivity index (χ2v) is 9.59. The highest BCUT2D eigenvalue weighted by molar-refractivity contribution is 6.03. The van der Waals surface area contributed by atoms with Crippen LogP contribution in [0.15, 0.2) is 24.3 Å². The average Bonchev–Trinajstić information content (AvgIpc) is 2.83. The molecule has 2 saturated heterocycles. The van der Waals surface area contributed by atoms with Gasteiger partial charge in [-0.25, -0.2) is 9.69 Å². The summed E-state index contributed by atoms with van der Waals surface area (Å²) < 4.78 is 6.02. The highest BCUT2D eigenvalue weighted by atomic mass is 16.5. The largest absolute Gasteiger partial charge is 0.347 e. The molecule has 2 atom stereocenters. The van der Waals surface area contributed by atoms with E-state index in [1.807, 2.05) is 52.1 Å². The maximum atomic E-state index is 13.3. The number of piperazine rings is 1. The van der Waals surface area contributed by atoms with Crippen LogP contribution in [0.4, 0.5) is 4.79 Å². The van der Waals surface area contributed by atoms with Gasteiger partial charge in [-0.15, -0.1) is 0 Å². The highest BCUT2D eigenvalue weighted by Crippen LogP contribution is 2.46. The van der Waals surface area contributed by atoms with E-state index in [0.29, 0.717) is 25.9 Å². The summed E-state index contributed by atoms with van der Waals surface area (Å²) in [6, 6.07) is 7.41. The van der Waals surface area contributed by atoms with E-state index < -0.39 is 17.7 Å². The van der Waals surface area contributed by atoms with Gasteiger partial charge in [0.1, 0.15) is 6.61 Å². The average molecular weight is 473 g/mol. The number of imide groups is 1. The van der Waals surface area contributed by atoms with Crippen LogP contribution in [0.1, 0.15) is 63.6 Å². The molecule has 8 nitrogen and oxygen atoms in total. The molecule has 0 aromatic heterocycles. The smallest absolute Gasteiger partial charge is 0.326 e. The van der Waals surface area contributed by atoms with Gasteiger partial charge in [-0.05, 0) is 38.8 Å². The molecule has 1 aromatic rings. The van der Waals surface area contributed by atoms with Crippen molar-refractivity contribution in [3.63, 3.8) is 0 Å². The van der Waals surface area contributed by atoms with E-state index in [9.17, 15) is 14.4 Å². The molecule has 0 spiro atoms. The van der Waals surface area contributed by atoms with E-state index >= 15 is 0 Å². The second kappa shape index (κ2) is 11.3. The predicted octanol–water partition coefficient (Wildman–Crippen LogP) is 3.31. The Hall–Kier alpha value is -2.45. The maximum absolute atomic E-state index is 13.3. The van der Waals surface area contributed by atoms with Crippen LogP contribution in [0.2, 0.25) is 0 Å². The van der Waals surface area contributed by atoms with Crippen molar-refractivity contribution in [2.75, 3.05) is 39.8 Å². The number of hydrogen-bond donors (Lipinski definition) is 1. The van der Waals surface area contributed by atoms with E-state index in [4.69, 9.17) is 4.74 Å². The number of benzene rings is 1. The van der Waals surface area contributed by atoms with Crippen molar-refractivity contribution in [2.24, 2.45) is 5.41 Å². The van der Waals surface area contributed by atoms with Crippen molar-refractivity contribution in [3.8, 4) is 0 Å². The first-order chi connectivity index (χ1) is 16.3. The lowest BCUT2D eigenvalue weighted by Gasteiger charge is -2.53. The number of β-lactam (4-membered cyclic amide) rings is 1. The minimum Gasteiger partial charge on any atom is -0.347 e. The van der Waals surface area contributed by atoms with Gasteiger partial charge in [0.05, 0.1) is 11.5 Å². The Morgan fingerprint density at radius 1 is 1.09 bits per heavy atom. The van der Waals surface area contributed by atoms with Crippen LogP contribution in [-0.2, 0) is 14.3 Å². The zero-order valence-electron chi connectivity index (χ0n) is 21.3. The second-order valence-electron chi connectivity index (χ2n) is 9.59. The van der Waals surface area contributed by atoms with Crippen molar-refractivity contribution in [1.29, 1.82) is 0 Å². The third-order valence-electron chi connectivity index (χ3n) is 7.41. The fourth-order valence-corrected chi connectivity index (χ4v) is 4.89. The predicted molar refractivity (Wildman–Crippen MR) is 131 cm³/mol. The molecule has 2 aliphatic rings. The molecule has 2 fully saturated rings. The first-order valence-electron chi connectivity index (χ1n) is 12.6. The molecular formula is C26H40N4O4. The topological polar surface area (TPSA) is 82.2 Å². The van der Waals surface area contributed by atoms with E-state index in [1.165, 1.54) is 4.90 Å². The number of carbonyl (C=O) groups is 3. The monoisotopic (exact) mass is 472 g/mol. The zero-order valence-corrected chi connectivity index (χ0v) is 21.3. The quantitative estimate of drug-likeness (QED) is 0.558. The molecule has 1 aromatic carbocycles. The van der Waals surface area contributed by atoms with Crippen LogP contribution in [-0.4, -0.2) is 78.6 Å². The molecule has 34 heavy (non-hydrogen) atoms. The highest BCUT2D eigenvalue weighted by Gasteiger charge is 2.62. The summed E-state index contributed by atoms with van der Waals surface area (Å²) in [5, 5.41) is 3.04.